The molecule has 0 saturated carbocycles. The quantitative estimate of drug-likeness (QED) is 0.517. The van der Waals surface area contributed by atoms with Crippen LogP contribution in [0.1, 0.15) is 38.4 Å². The Bertz CT molecular complexity index is 508. The lowest BCUT2D eigenvalue weighted by Crippen LogP contribution is -2.09. The number of aryl methyl sites for hydroxylation is 1. The molecule has 0 aliphatic carbocycles. The van der Waals surface area contributed by atoms with E-state index >= 15 is 0 Å². The Morgan fingerprint density at radius 1 is 1.17 bits per heavy atom. The monoisotopic (exact) mass is 394 g/mol. The summed E-state index contributed by atoms with van der Waals surface area (Å²) >= 11 is 5.38. The molecule has 0 amide bonds. The van der Waals surface area contributed by atoms with E-state index in [2.05, 4.69) is 29.5 Å². The van der Waals surface area contributed by atoms with Crippen LogP contribution in [-0.4, -0.2) is 0 Å². The summed E-state index contributed by atoms with van der Waals surface area (Å²) in [5.74, 6) is 0.860. The van der Waals surface area contributed by atoms with E-state index in [1.54, 1.807) is 11.8 Å². The molecule has 0 atom stereocenters. The molecule has 18 heavy (non-hydrogen) atoms. The third kappa shape index (κ3) is 3.36. The maximum absolute atomic E-state index is 11.9. The zero-order valence-electron chi connectivity index (χ0n) is 10.2. The first-order valence-electron chi connectivity index (χ1n) is 6.08. The van der Waals surface area contributed by atoms with Crippen molar-refractivity contribution in [2.75, 3.05) is 0 Å². The number of thioether (sulfide) groups is 2. The van der Waals surface area contributed by atoms with Gasteiger partial charge >= 0.3 is 5.63 Å². The summed E-state index contributed by atoms with van der Waals surface area (Å²) < 4.78 is 6.57. The minimum atomic E-state index is -0.183. The number of hydrogen-bond acceptors (Lipinski definition) is 4. The fraction of sp³-hybridized carbons (Fsp3) is 0.462. The van der Waals surface area contributed by atoms with Gasteiger partial charge in [-0.1, -0.05) is 49.7 Å². The molecular weight excluding hydrogens is 379 g/mol. The average Bonchev–Trinajstić information content (AvgIpc) is 2.40. The van der Waals surface area contributed by atoms with Crippen molar-refractivity contribution in [1.82, 2.24) is 0 Å². The number of halogens is 1. The maximum atomic E-state index is 11.9. The number of unbranched alkanes of at least 4 members (excludes halogenated alkanes) is 3. The van der Waals surface area contributed by atoms with Crippen molar-refractivity contribution in [1.29, 1.82) is 0 Å². The number of hydrogen-bond donors (Lipinski definition) is 0. The highest BCUT2D eigenvalue weighted by Gasteiger charge is 2.19. The van der Waals surface area contributed by atoms with Crippen molar-refractivity contribution in [2.45, 2.75) is 48.8 Å². The van der Waals surface area contributed by atoms with E-state index in [-0.39, 0.29) is 5.63 Å². The Hall–Kier alpha value is 0.120. The highest BCUT2D eigenvalue weighted by molar-refractivity contribution is 14.1. The van der Waals surface area contributed by atoms with Gasteiger partial charge in [-0.15, -0.1) is 0 Å². The molecule has 98 valence electrons. The van der Waals surface area contributed by atoms with Gasteiger partial charge in [0, 0.05) is 11.3 Å². The fourth-order valence-corrected chi connectivity index (χ4v) is 4.77. The van der Waals surface area contributed by atoms with Crippen LogP contribution in [0.3, 0.4) is 0 Å². The molecule has 0 unspecified atom stereocenters. The highest BCUT2D eigenvalue weighted by Crippen LogP contribution is 2.39. The van der Waals surface area contributed by atoms with E-state index in [0.29, 0.717) is 0 Å². The van der Waals surface area contributed by atoms with Crippen molar-refractivity contribution in [3.8, 4) is 0 Å². The molecule has 0 fully saturated rings. The smallest absolute Gasteiger partial charge is 0.351 e. The molecular formula is C13H15IO2S2. The van der Waals surface area contributed by atoms with Gasteiger partial charge in [0.05, 0.1) is 3.57 Å². The normalized spacial score (nSPS) is 13.7. The van der Waals surface area contributed by atoms with E-state index in [0.717, 1.165) is 32.0 Å². The summed E-state index contributed by atoms with van der Waals surface area (Å²) in [7, 11) is 0. The van der Waals surface area contributed by atoms with Gasteiger partial charge < -0.3 is 4.42 Å². The van der Waals surface area contributed by atoms with E-state index in [4.69, 9.17) is 4.42 Å². The molecule has 0 spiro atoms. The van der Waals surface area contributed by atoms with Crippen LogP contribution in [0.4, 0.5) is 0 Å². The van der Waals surface area contributed by atoms with E-state index in [9.17, 15) is 4.79 Å². The predicted molar refractivity (Wildman–Crippen MR) is 86.4 cm³/mol. The molecule has 2 rings (SSSR count). The standard InChI is InChI=1S/C13H15IO2S2/c1-2-3-4-5-6-9-10(14)11-12(13(15)16-9)18-8-7-17-11/h7-8H,2-6H2,1H3. The van der Waals surface area contributed by atoms with Crippen molar-refractivity contribution in [3.63, 3.8) is 0 Å². The van der Waals surface area contributed by atoms with Gasteiger partial charge in [-0.25, -0.2) is 4.79 Å². The number of fused-ring (bicyclic) bond motifs is 1. The fourth-order valence-electron chi connectivity index (χ4n) is 1.79. The van der Waals surface area contributed by atoms with Crippen LogP contribution in [0.5, 0.6) is 0 Å². The van der Waals surface area contributed by atoms with Gasteiger partial charge in [-0.3, -0.25) is 0 Å². The summed E-state index contributed by atoms with van der Waals surface area (Å²) in [6.45, 7) is 2.20. The Morgan fingerprint density at radius 3 is 2.61 bits per heavy atom. The molecule has 1 aromatic heterocycles. The van der Waals surface area contributed by atoms with Crippen molar-refractivity contribution < 1.29 is 4.42 Å². The molecule has 0 saturated heterocycles. The zero-order chi connectivity index (χ0) is 13.0. The molecule has 0 bridgehead atoms. The second kappa shape index (κ2) is 7.05. The lowest BCUT2D eigenvalue weighted by molar-refractivity contribution is 0.425. The van der Waals surface area contributed by atoms with Crippen molar-refractivity contribution >= 4 is 46.1 Å². The Kier molecular flexibility index (Phi) is 5.69. The largest absolute Gasteiger partial charge is 0.426 e. The lowest BCUT2D eigenvalue weighted by Gasteiger charge is -2.12. The molecule has 1 aliphatic heterocycles. The molecule has 0 radical (unpaired) electrons. The maximum Gasteiger partial charge on any atom is 0.351 e. The van der Waals surface area contributed by atoms with Crippen LogP contribution < -0.4 is 5.63 Å². The SMILES string of the molecule is CCCCCCc1oc(=O)c2c(c1I)SC=CS2. The molecule has 5 heteroatoms. The lowest BCUT2D eigenvalue weighted by atomic mass is 10.1. The Balaban J connectivity index is 2.17. The molecule has 2 heterocycles. The second-order valence-corrected chi connectivity index (χ2v) is 7.01. The summed E-state index contributed by atoms with van der Waals surface area (Å²) in [5, 5.41) is 3.95. The molecule has 0 aromatic carbocycles. The third-order valence-electron chi connectivity index (χ3n) is 2.74. The topological polar surface area (TPSA) is 30.2 Å². The molecule has 2 nitrogen and oxygen atoms in total. The van der Waals surface area contributed by atoms with Gasteiger partial charge in [0.1, 0.15) is 10.7 Å². The Morgan fingerprint density at radius 2 is 1.89 bits per heavy atom. The molecule has 1 aliphatic rings. The average molecular weight is 394 g/mol. The summed E-state index contributed by atoms with van der Waals surface area (Å²) in [4.78, 5) is 13.7. The minimum Gasteiger partial charge on any atom is -0.426 e. The first-order chi connectivity index (χ1) is 8.74. The third-order valence-corrected chi connectivity index (χ3v) is 6.34. The predicted octanol–water partition coefficient (Wildman–Crippen LogP) is 5.04. The first-order valence-corrected chi connectivity index (χ1v) is 8.91. The highest BCUT2D eigenvalue weighted by atomic mass is 127. The number of rotatable bonds is 5. The molecule has 1 aromatic rings. The minimum absolute atomic E-state index is 0.183. The van der Waals surface area contributed by atoms with E-state index < -0.39 is 0 Å². The van der Waals surface area contributed by atoms with Crippen LogP contribution in [0.15, 0.2) is 29.8 Å². The van der Waals surface area contributed by atoms with Crippen LogP contribution in [-0.2, 0) is 6.42 Å². The van der Waals surface area contributed by atoms with Gasteiger partial charge in [0.25, 0.3) is 0 Å². The van der Waals surface area contributed by atoms with Crippen molar-refractivity contribution in [3.05, 3.63) is 30.6 Å². The van der Waals surface area contributed by atoms with Crippen molar-refractivity contribution in [2.24, 2.45) is 0 Å². The van der Waals surface area contributed by atoms with Crippen LogP contribution >= 0.6 is 46.1 Å². The van der Waals surface area contributed by atoms with Crippen LogP contribution in [0, 0.1) is 3.57 Å². The summed E-state index contributed by atoms with van der Waals surface area (Å²) in [6.07, 6.45) is 5.64. The van der Waals surface area contributed by atoms with Crippen LogP contribution in [0.25, 0.3) is 0 Å². The zero-order valence-corrected chi connectivity index (χ0v) is 14.0. The van der Waals surface area contributed by atoms with E-state index in [1.165, 1.54) is 31.0 Å². The van der Waals surface area contributed by atoms with Crippen LogP contribution in [0.2, 0.25) is 0 Å². The van der Waals surface area contributed by atoms with E-state index in [1.807, 2.05) is 10.8 Å². The van der Waals surface area contributed by atoms with Gasteiger partial charge in [0.2, 0.25) is 0 Å². The second-order valence-electron chi connectivity index (χ2n) is 4.10. The molecule has 0 N–H and O–H groups in total. The first kappa shape index (κ1) is 14.5. The Labute approximate surface area is 129 Å². The van der Waals surface area contributed by atoms with Gasteiger partial charge in [-0.2, -0.15) is 0 Å². The summed E-state index contributed by atoms with van der Waals surface area (Å²) in [5.41, 5.74) is -0.183. The summed E-state index contributed by atoms with van der Waals surface area (Å²) in [6, 6.07) is 0. The van der Waals surface area contributed by atoms with Gasteiger partial charge in [-0.05, 0) is 39.8 Å². The van der Waals surface area contributed by atoms with Gasteiger partial charge in [0.15, 0.2) is 0 Å².